The number of carbonyl (C=O) groups excluding carboxylic acids is 5. The molecule has 2 fully saturated rings. The van der Waals surface area contributed by atoms with Crippen LogP contribution >= 0.6 is 15.9 Å². The van der Waals surface area contributed by atoms with Crippen molar-refractivity contribution in [2.24, 2.45) is 7.05 Å². The maximum atomic E-state index is 13.4. The zero-order valence-electron chi connectivity index (χ0n) is 34.9. The number of hydrogen-bond donors (Lipinski definition) is 3. The first-order chi connectivity index (χ1) is 29.3. The van der Waals surface area contributed by atoms with Crippen molar-refractivity contribution in [1.82, 2.24) is 29.8 Å². The van der Waals surface area contributed by atoms with E-state index in [1.165, 1.54) is 15.8 Å². The van der Waals surface area contributed by atoms with Gasteiger partial charge in [0.1, 0.15) is 10.5 Å². The number of hydrogen-bond acceptors (Lipinski definition) is 11. The molecule has 3 aliphatic rings. The number of amides is 5. The van der Waals surface area contributed by atoms with E-state index in [9.17, 15) is 28.8 Å². The number of aromatic nitrogens is 2. The molecule has 1 aromatic heterocycles. The van der Waals surface area contributed by atoms with Crippen LogP contribution in [0.1, 0.15) is 80.2 Å². The SMILES string of the molecule is CN1CC(Nc2cnn(C)c(=O)c2Br)CC(c2ccc(C(=O)N(C)CCCN(C)c3ccc(CCCNc4ccc5c(c4)C(=O)N(C4CCC(=O)NC4=O)C5=O)cc3)cc2)C1. The Kier molecular flexibility index (Phi) is 13.3. The molecule has 3 N–H and O–H groups in total. The maximum Gasteiger partial charge on any atom is 0.282 e. The fourth-order valence-electron chi connectivity index (χ4n) is 8.41. The Bertz CT molecular complexity index is 2370. The second-order valence-electron chi connectivity index (χ2n) is 16.3. The molecule has 0 aliphatic carbocycles. The van der Waals surface area contributed by atoms with E-state index < -0.39 is 29.7 Å². The van der Waals surface area contributed by atoms with Crippen molar-refractivity contribution in [3.63, 3.8) is 0 Å². The highest BCUT2D eigenvalue weighted by Crippen LogP contribution is 2.31. The van der Waals surface area contributed by atoms with Gasteiger partial charge in [-0.05, 0) is 115 Å². The number of nitrogens with one attached hydrogen (secondary N) is 3. The Labute approximate surface area is 363 Å². The van der Waals surface area contributed by atoms with Gasteiger partial charge in [0, 0.05) is 83.3 Å². The first-order valence-corrected chi connectivity index (χ1v) is 21.5. The summed E-state index contributed by atoms with van der Waals surface area (Å²) in [5.41, 5.74) is 5.86. The topological polar surface area (TPSA) is 169 Å². The van der Waals surface area contributed by atoms with Gasteiger partial charge in [0.15, 0.2) is 0 Å². The molecule has 4 heterocycles. The van der Waals surface area contributed by atoms with Gasteiger partial charge in [0.05, 0.1) is 23.0 Å². The number of anilines is 3. The van der Waals surface area contributed by atoms with Crippen LogP contribution in [0.2, 0.25) is 0 Å². The third-order valence-corrected chi connectivity index (χ3v) is 12.6. The molecule has 3 aromatic carbocycles. The number of aryl methyl sites for hydroxylation is 2. The van der Waals surface area contributed by atoms with Gasteiger partial charge < -0.3 is 25.3 Å². The minimum absolute atomic E-state index is 0.00690. The van der Waals surface area contributed by atoms with E-state index in [1.807, 2.05) is 19.2 Å². The number of rotatable bonds is 15. The molecule has 2 saturated heterocycles. The monoisotopic (exact) mass is 893 g/mol. The second kappa shape index (κ2) is 18.8. The number of carbonyl (C=O) groups is 5. The first-order valence-electron chi connectivity index (χ1n) is 20.7. The van der Waals surface area contributed by atoms with Gasteiger partial charge in [-0.3, -0.25) is 39.0 Å². The minimum Gasteiger partial charge on any atom is -0.385 e. The summed E-state index contributed by atoms with van der Waals surface area (Å²) in [5.74, 6) is -1.81. The van der Waals surface area contributed by atoms with Gasteiger partial charge >= 0.3 is 0 Å². The summed E-state index contributed by atoms with van der Waals surface area (Å²) in [6.45, 7) is 3.81. The highest BCUT2D eigenvalue weighted by Gasteiger charge is 2.44. The average Bonchev–Trinajstić information content (AvgIpc) is 3.49. The molecule has 5 amide bonds. The van der Waals surface area contributed by atoms with Gasteiger partial charge in [-0.1, -0.05) is 24.3 Å². The molecular formula is C45H52BrN9O6. The van der Waals surface area contributed by atoms with E-state index in [4.69, 9.17) is 0 Å². The van der Waals surface area contributed by atoms with Gasteiger partial charge in [0.2, 0.25) is 11.8 Å². The molecule has 0 spiro atoms. The van der Waals surface area contributed by atoms with Crippen LogP contribution in [-0.4, -0.2) is 120 Å². The van der Waals surface area contributed by atoms with Crippen LogP contribution in [0.25, 0.3) is 0 Å². The average molecular weight is 895 g/mol. The van der Waals surface area contributed by atoms with Crippen molar-refractivity contribution in [2.45, 2.75) is 56.5 Å². The third kappa shape index (κ3) is 9.86. The fraction of sp³-hybridized carbons (Fsp3) is 0.400. The molecule has 0 bridgehead atoms. The molecule has 0 radical (unpaired) electrons. The number of imide groups is 2. The van der Waals surface area contributed by atoms with E-state index in [2.05, 4.69) is 97.3 Å². The predicted octanol–water partition coefficient (Wildman–Crippen LogP) is 4.49. The van der Waals surface area contributed by atoms with Gasteiger partial charge in [0.25, 0.3) is 23.3 Å². The summed E-state index contributed by atoms with van der Waals surface area (Å²) in [6.07, 6.45) is 5.26. The summed E-state index contributed by atoms with van der Waals surface area (Å²) in [6, 6.07) is 20.6. The molecule has 4 aromatic rings. The first kappa shape index (κ1) is 43.2. The Hall–Kier alpha value is -5.87. The Morgan fingerprint density at radius 3 is 2.38 bits per heavy atom. The Morgan fingerprint density at radius 1 is 0.902 bits per heavy atom. The van der Waals surface area contributed by atoms with Crippen LogP contribution in [0, 0.1) is 0 Å². The number of piperidine rings is 2. The van der Waals surface area contributed by atoms with E-state index in [0.717, 1.165) is 55.9 Å². The molecule has 0 saturated carbocycles. The molecule has 3 unspecified atom stereocenters. The molecule has 61 heavy (non-hydrogen) atoms. The second-order valence-corrected chi connectivity index (χ2v) is 17.1. The lowest BCUT2D eigenvalue weighted by molar-refractivity contribution is -0.136. The van der Waals surface area contributed by atoms with Crippen molar-refractivity contribution < 1.29 is 24.0 Å². The number of fused-ring (bicyclic) bond motifs is 1. The van der Waals surface area contributed by atoms with Gasteiger partial charge in [-0.15, -0.1) is 0 Å². The zero-order valence-corrected chi connectivity index (χ0v) is 36.5. The Balaban J connectivity index is 0.822. The molecule has 16 heteroatoms. The Morgan fingerprint density at radius 2 is 1.64 bits per heavy atom. The summed E-state index contributed by atoms with van der Waals surface area (Å²) in [5, 5.41) is 13.2. The zero-order chi connectivity index (χ0) is 43.4. The lowest BCUT2D eigenvalue weighted by atomic mass is 9.87. The quantitative estimate of drug-likeness (QED) is 0.114. The van der Waals surface area contributed by atoms with Crippen molar-refractivity contribution >= 4 is 62.5 Å². The van der Waals surface area contributed by atoms with Crippen molar-refractivity contribution in [2.75, 3.05) is 69.4 Å². The summed E-state index contributed by atoms with van der Waals surface area (Å²) < 4.78 is 1.78. The summed E-state index contributed by atoms with van der Waals surface area (Å²) in [7, 11) is 7.62. The molecule has 3 aliphatic heterocycles. The smallest absolute Gasteiger partial charge is 0.282 e. The predicted molar refractivity (Wildman–Crippen MR) is 237 cm³/mol. The largest absolute Gasteiger partial charge is 0.385 e. The van der Waals surface area contributed by atoms with E-state index >= 15 is 0 Å². The summed E-state index contributed by atoms with van der Waals surface area (Å²) >= 11 is 3.42. The number of halogens is 1. The lowest BCUT2D eigenvalue weighted by Gasteiger charge is -2.37. The standard InChI is InChI=1S/C45H52BrN9O6/c1-51-26-31(23-33(27-51)49-37-25-48-54(4)45(61)40(37)46)29-10-12-30(13-11-29)42(58)53(3)22-6-21-52(2)34-15-8-28(9-16-34)7-5-20-47-32-14-17-35-36(24-32)44(60)55(43(35)59)38-18-19-39(56)50-41(38)57/h8-17,24-25,31,33,38,47,49H,5-7,18-23,26-27H2,1-4H3,(H,50,56,57). The normalized spacial score (nSPS) is 19.1. The molecular weight excluding hydrogens is 842 g/mol. The minimum atomic E-state index is -0.987. The maximum absolute atomic E-state index is 13.4. The molecule has 320 valence electrons. The van der Waals surface area contributed by atoms with Crippen LogP contribution in [-0.2, 0) is 23.1 Å². The highest BCUT2D eigenvalue weighted by molar-refractivity contribution is 9.10. The number of benzene rings is 3. The number of nitrogens with zero attached hydrogens (tertiary/aromatic N) is 6. The van der Waals surface area contributed by atoms with Crippen LogP contribution in [0.3, 0.4) is 0 Å². The van der Waals surface area contributed by atoms with E-state index in [1.54, 1.807) is 36.3 Å². The third-order valence-electron chi connectivity index (χ3n) is 11.8. The van der Waals surface area contributed by atoms with Gasteiger partial charge in [-0.25, -0.2) is 4.68 Å². The van der Waals surface area contributed by atoms with E-state index in [-0.39, 0.29) is 47.4 Å². The number of likely N-dealkylation sites (tertiary alicyclic amines) is 1. The summed E-state index contributed by atoms with van der Waals surface area (Å²) in [4.78, 5) is 83.0. The molecule has 3 atom stereocenters. The molecule has 15 nitrogen and oxygen atoms in total. The van der Waals surface area contributed by atoms with Crippen molar-refractivity contribution in [1.29, 1.82) is 0 Å². The van der Waals surface area contributed by atoms with Gasteiger partial charge in [-0.2, -0.15) is 5.10 Å². The van der Waals surface area contributed by atoms with E-state index in [0.29, 0.717) is 34.5 Å². The lowest BCUT2D eigenvalue weighted by Crippen LogP contribution is -2.54. The number of likely N-dealkylation sites (N-methyl/N-ethyl adjacent to an activating group) is 1. The fourth-order valence-corrected chi connectivity index (χ4v) is 8.89. The van der Waals surface area contributed by atoms with Crippen LogP contribution in [0.4, 0.5) is 17.1 Å². The highest BCUT2D eigenvalue weighted by atomic mass is 79.9. The molecule has 7 rings (SSSR count). The van der Waals surface area contributed by atoms with Crippen LogP contribution < -0.4 is 26.4 Å². The van der Waals surface area contributed by atoms with Crippen LogP contribution in [0.5, 0.6) is 0 Å². The van der Waals surface area contributed by atoms with Crippen LogP contribution in [0.15, 0.2) is 82.2 Å². The van der Waals surface area contributed by atoms with Crippen molar-refractivity contribution in [3.05, 3.63) is 116 Å². The van der Waals surface area contributed by atoms with Crippen molar-refractivity contribution in [3.8, 4) is 0 Å².